The number of anilines is 5. The fourth-order valence-corrected chi connectivity index (χ4v) is 3.92. The predicted octanol–water partition coefficient (Wildman–Crippen LogP) is 6.02. The highest BCUT2D eigenvalue weighted by Crippen LogP contribution is 2.23. The summed E-state index contributed by atoms with van der Waals surface area (Å²) in [5.41, 5.74) is 8.54. The van der Waals surface area contributed by atoms with Crippen molar-refractivity contribution < 1.29 is 10.4 Å². The van der Waals surface area contributed by atoms with E-state index in [1.165, 1.54) is 31.4 Å². The number of hydrogen-bond acceptors (Lipinski definition) is 12. The fraction of sp³-hybridized carbons (Fsp3) is 0.444. The summed E-state index contributed by atoms with van der Waals surface area (Å²) in [6.07, 6.45) is 5.60. The first-order valence-corrected chi connectivity index (χ1v) is 13.4. The predicted molar refractivity (Wildman–Crippen MR) is 156 cm³/mol. The lowest BCUT2D eigenvalue weighted by Gasteiger charge is -2.19. The van der Waals surface area contributed by atoms with Crippen LogP contribution in [0, 0.1) is 5.92 Å². The zero-order valence-electron chi connectivity index (χ0n) is 23.0. The molecule has 0 spiro atoms. The average Bonchev–Trinajstić information content (AvgIpc) is 2.94. The van der Waals surface area contributed by atoms with Gasteiger partial charge >= 0.3 is 0 Å². The summed E-state index contributed by atoms with van der Waals surface area (Å²) in [6.45, 7) is 6.76. The summed E-state index contributed by atoms with van der Waals surface area (Å²) in [4.78, 5) is 15.1. The molecule has 0 aliphatic heterocycles. The van der Waals surface area contributed by atoms with Crippen LogP contribution in [-0.2, 0) is 0 Å². The first-order valence-electron chi connectivity index (χ1n) is 13.4. The van der Waals surface area contributed by atoms with Gasteiger partial charge in [0, 0.05) is 32.4 Å². The van der Waals surface area contributed by atoms with Crippen LogP contribution in [0.1, 0.15) is 46.0 Å². The number of hydrogen-bond donors (Lipinski definition) is 5. The molecule has 0 saturated heterocycles. The van der Waals surface area contributed by atoms with Gasteiger partial charge in [0.25, 0.3) is 0 Å². The maximum absolute atomic E-state index is 9.01. The molecule has 39 heavy (non-hydrogen) atoms. The van der Waals surface area contributed by atoms with Crippen LogP contribution < -0.4 is 26.5 Å². The number of nitrogens with zero attached hydrogens (tertiary/aromatic N) is 7. The number of nitrogen functional groups attached to an aromatic ring is 1. The van der Waals surface area contributed by atoms with Crippen molar-refractivity contribution in [2.75, 3.05) is 53.2 Å². The van der Waals surface area contributed by atoms with E-state index in [1.54, 1.807) is 12.1 Å². The van der Waals surface area contributed by atoms with Gasteiger partial charge in [-0.3, -0.25) is 10.4 Å². The van der Waals surface area contributed by atoms with E-state index in [2.05, 4.69) is 54.6 Å². The van der Waals surface area contributed by atoms with Crippen molar-refractivity contribution in [2.45, 2.75) is 46.0 Å². The molecule has 1 atom stereocenters. The molecule has 0 amide bonds. The van der Waals surface area contributed by atoms with Gasteiger partial charge in [-0.1, -0.05) is 33.1 Å². The van der Waals surface area contributed by atoms with Crippen LogP contribution in [0.25, 0.3) is 0 Å². The molecule has 0 bridgehead atoms. The molecule has 1 heterocycles. The number of unbranched alkanes of at least 4 members (excludes halogenated alkanes) is 1. The standard InChI is InChI=1S/C27H40N10O2/c1-4-6-8-20(5-2)19-30-27-32-25(28)31-26(33-27)29-17-7-18-36(3)23-13-9-21(10-14-23)34-35-22-11-15-24(16-12-22)37(38)39/h9-16,20,38-39H,4-8,17-19H2,1-3H3,(H4,28,29,30,31,32,33). The van der Waals surface area contributed by atoms with Crippen molar-refractivity contribution in [1.29, 1.82) is 0 Å². The summed E-state index contributed by atoms with van der Waals surface area (Å²) in [5, 5.41) is 33.1. The number of nitrogens with two attached hydrogens (primary N) is 1. The summed E-state index contributed by atoms with van der Waals surface area (Å²) < 4.78 is 0. The molecule has 2 aromatic carbocycles. The summed E-state index contributed by atoms with van der Waals surface area (Å²) in [5.74, 6) is 1.77. The van der Waals surface area contributed by atoms with Crippen LogP contribution in [0.2, 0.25) is 0 Å². The van der Waals surface area contributed by atoms with Crippen LogP contribution in [0.3, 0.4) is 0 Å². The average molecular weight is 537 g/mol. The highest BCUT2D eigenvalue weighted by atomic mass is 16.8. The molecule has 1 aromatic heterocycles. The third kappa shape index (κ3) is 9.98. The first-order chi connectivity index (χ1) is 18.9. The molecule has 6 N–H and O–H groups in total. The van der Waals surface area contributed by atoms with Crippen molar-refractivity contribution >= 4 is 40.6 Å². The number of benzene rings is 2. The van der Waals surface area contributed by atoms with Crippen molar-refractivity contribution in [2.24, 2.45) is 16.1 Å². The molecule has 0 aliphatic rings. The van der Waals surface area contributed by atoms with Gasteiger partial charge in [0.1, 0.15) is 0 Å². The highest BCUT2D eigenvalue weighted by Gasteiger charge is 2.09. The summed E-state index contributed by atoms with van der Waals surface area (Å²) in [6, 6.07) is 14.1. The second-order valence-corrected chi connectivity index (χ2v) is 9.36. The van der Waals surface area contributed by atoms with Gasteiger partial charge in [0.05, 0.1) is 17.1 Å². The van der Waals surface area contributed by atoms with Crippen LogP contribution in [0.4, 0.5) is 40.6 Å². The summed E-state index contributed by atoms with van der Waals surface area (Å²) >= 11 is 0. The topological polar surface area (TPSA) is 160 Å². The molecule has 12 heteroatoms. The molecule has 12 nitrogen and oxygen atoms in total. The lowest BCUT2D eigenvalue weighted by molar-refractivity contribution is 0.0292. The lowest BCUT2D eigenvalue weighted by Crippen LogP contribution is -2.21. The van der Waals surface area contributed by atoms with E-state index >= 15 is 0 Å². The molecule has 0 aliphatic carbocycles. The van der Waals surface area contributed by atoms with Gasteiger partial charge in [0.2, 0.25) is 17.8 Å². The Morgan fingerprint density at radius 1 is 0.846 bits per heavy atom. The third-order valence-electron chi connectivity index (χ3n) is 6.35. The van der Waals surface area contributed by atoms with Crippen LogP contribution in [0.5, 0.6) is 0 Å². The Morgan fingerprint density at radius 3 is 2.00 bits per heavy atom. The van der Waals surface area contributed by atoms with Crippen molar-refractivity contribution in [3.05, 3.63) is 48.5 Å². The minimum Gasteiger partial charge on any atom is -0.375 e. The second-order valence-electron chi connectivity index (χ2n) is 9.36. The van der Waals surface area contributed by atoms with Crippen molar-refractivity contribution in [3.8, 4) is 0 Å². The maximum atomic E-state index is 9.01. The molecule has 210 valence electrons. The third-order valence-corrected chi connectivity index (χ3v) is 6.35. The second kappa shape index (κ2) is 15.4. The maximum Gasteiger partial charge on any atom is 0.229 e. The zero-order chi connectivity index (χ0) is 28.0. The Kier molecular flexibility index (Phi) is 11.7. The minimum absolute atomic E-state index is 0.0564. The number of azo groups is 1. The van der Waals surface area contributed by atoms with Gasteiger partial charge in [0.15, 0.2) is 0 Å². The monoisotopic (exact) mass is 536 g/mol. The fourth-order valence-electron chi connectivity index (χ4n) is 3.92. The summed E-state index contributed by atoms with van der Waals surface area (Å²) in [7, 11) is 2.04. The Hall–Kier alpha value is -4.03. The van der Waals surface area contributed by atoms with Crippen LogP contribution >= 0.6 is 0 Å². The van der Waals surface area contributed by atoms with Gasteiger partial charge in [-0.2, -0.15) is 25.2 Å². The largest absolute Gasteiger partial charge is 0.375 e. The zero-order valence-corrected chi connectivity index (χ0v) is 23.0. The Labute approximate surface area is 229 Å². The van der Waals surface area contributed by atoms with Gasteiger partial charge in [-0.15, -0.1) is 5.23 Å². The van der Waals surface area contributed by atoms with Gasteiger partial charge in [-0.25, -0.2) is 0 Å². The minimum atomic E-state index is 0.0564. The molecular formula is C27H40N10O2. The molecule has 0 fully saturated rings. The first kappa shape index (κ1) is 29.5. The van der Waals surface area contributed by atoms with Crippen LogP contribution in [0.15, 0.2) is 58.8 Å². The molecule has 0 saturated carbocycles. The molecule has 0 radical (unpaired) electrons. The van der Waals surface area contributed by atoms with Gasteiger partial charge < -0.3 is 21.3 Å². The Balaban J connectivity index is 1.43. The quantitative estimate of drug-likeness (QED) is 0.0831. The van der Waals surface area contributed by atoms with Crippen molar-refractivity contribution in [1.82, 2.24) is 15.0 Å². The van der Waals surface area contributed by atoms with Gasteiger partial charge in [-0.05, 0) is 67.3 Å². The van der Waals surface area contributed by atoms with E-state index in [-0.39, 0.29) is 16.9 Å². The molecule has 3 aromatic rings. The highest BCUT2D eigenvalue weighted by molar-refractivity contribution is 5.53. The van der Waals surface area contributed by atoms with E-state index < -0.39 is 0 Å². The number of nitrogens with one attached hydrogen (secondary N) is 2. The smallest absolute Gasteiger partial charge is 0.229 e. The van der Waals surface area contributed by atoms with E-state index in [0.717, 1.165) is 37.3 Å². The van der Waals surface area contributed by atoms with E-state index in [0.29, 0.717) is 30.0 Å². The Bertz CT molecular complexity index is 1160. The lowest BCUT2D eigenvalue weighted by atomic mass is 9.99. The van der Waals surface area contributed by atoms with Crippen LogP contribution in [-0.4, -0.2) is 52.0 Å². The van der Waals surface area contributed by atoms with E-state index in [9.17, 15) is 0 Å². The number of rotatable bonds is 16. The molecule has 1 unspecified atom stereocenters. The normalized spacial score (nSPS) is 11.9. The van der Waals surface area contributed by atoms with Crippen molar-refractivity contribution in [3.63, 3.8) is 0 Å². The molecule has 3 rings (SSSR count). The van der Waals surface area contributed by atoms with E-state index in [1.807, 2.05) is 31.3 Å². The molecular weight excluding hydrogens is 496 g/mol. The number of aromatic nitrogens is 3. The SMILES string of the molecule is CCCCC(CC)CNc1nc(N)nc(NCCCN(C)c2ccc(N=Nc3ccc(N(O)O)cc3)cc2)n1. The van der Waals surface area contributed by atoms with E-state index in [4.69, 9.17) is 16.1 Å². The Morgan fingerprint density at radius 2 is 1.44 bits per heavy atom.